The third-order valence-corrected chi connectivity index (χ3v) is 5.09. The van der Waals surface area contributed by atoms with Crippen molar-refractivity contribution in [2.75, 3.05) is 0 Å². The van der Waals surface area contributed by atoms with Crippen LogP contribution in [0.15, 0.2) is 42.5 Å². The molecule has 1 N–H and O–H groups in total. The van der Waals surface area contributed by atoms with Gasteiger partial charge in [0.15, 0.2) is 0 Å². The van der Waals surface area contributed by atoms with Crippen LogP contribution in [0.25, 0.3) is 11.1 Å². The molecule has 0 heterocycles. The summed E-state index contributed by atoms with van der Waals surface area (Å²) in [5.74, 6) is 0.254. The zero-order valence-corrected chi connectivity index (χ0v) is 13.8. The number of hydrogen-bond acceptors (Lipinski definition) is 2. The van der Waals surface area contributed by atoms with Gasteiger partial charge in [0.05, 0.1) is 11.6 Å². The van der Waals surface area contributed by atoms with E-state index in [4.69, 9.17) is 27.4 Å². The van der Waals surface area contributed by atoms with Gasteiger partial charge in [0, 0.05) is 0 Å². The Morgan fingerprint density at radius 1 is 1.10 bits per heavy atom. The van der Waals surface area contributed by atoms with Crippen molar-refractivity contribution >= 4 is 29.6 Å². The van der Waals surface area contributed by atoms with E-state index in [2.05, 4.69) is 6.07 Å². The summed E-state index contributed by atoms with van der Waals surface area (Å²) in [5.41, 5.74) is 3.80. The van der Waals surface area contributed by atoms with Gasteiger partial charge in [-0.05, 0) is 59.8 Å². The highest BCUT2D eigenvalue weighted by molar-refractivity contribution is 7.33. The van der Waals surface area contributed by atoms with Crippen LogP contribution in [0.4, 0.5) is 0 Å². The van der Waals surface area contributed by atoms with Crippen LogP contribution in [0, 0.1) is 11.3 Å². The summed E-state index contributed by atoms with van der Waals surface area (Å²) >= 11 is 11.7. The van der Waals surface area contributed by atoms with Gasteiger partial charge in [-0.25, -0.2) is 0 Å². The van der Waals surface area contributed by atoms with Crippen molar-refractivity contribution in [2.24, 2.45) is 0 Å². The maximum Gasteiger partial charge on any atom is 0.273 e. The molecule has 0 aliphatic carbocycles. The number of halogens is 2. The molecule has 0 aliphatic rings. The van der Waals surface area contributed by atoms with E-state index in [-0.39, 0.29) is 5.75 Å². The van der Waals surface area contributed by atoms with Crippen molar-refractivity contribution < 1.29 is 5.11 Å². The van der Waals surface area contributed by atoms with Gasteiger partial charge in [0.1, 0.15) is 5.75 Å². The maximum atomic E-state index is 9.69. The van der Waals surface area contributed by atoms with Crippen LogP contribution < -0.4 is 0 Å². The zero-order chi connectivity index (χ0) is 15.2. The topological polar surface area (TPSA) is 44.0 Å². The minimum absolute atomic E-state index is 0.254. The molecular formula is C16H14Cl2NOSi. The van der Waals surface area contributed by atoms with Crippen molar-refractivity contribution in [3.63, 3.8) is 0 Å². The number of rotatable bonds is 5. The van der Waals surface area contributed by atoms with Gasteiger partial charge in [-0.15, -0.1) is 22.2 Å². The first-order valence-electron chi connectivity index (χ1n) is 6.59. The minimum Gasteiger partial charge on any atom is -0.508 e. The van der Waals surface area contributed by atoms with Crippen LogP contribution in [0.3, 0.4) is 0 Å². The standard InChI is InChI=1S/C16H14Cl2NOSi/c17-21(18)9-1-2-14-10-15(20)7-8-16(14)13-5-3-12(11-19)4-6-13/h3-8,10,20H,1-2,9H2. The van der Waals surface area contributed by atoms with Gasteiger partial charge in [0.25, 0.3) is 7.42 Å². The fourth-order valence-electron chi connectivity index (χ4n) is 2.21. The molecule has 2 rings (SSSR count). The molecule has 0 fully saturated rings. The van der Waals surface area contributed by atoms with Gasteiger partial charge in [-0.2, -0.15) is 5.26 Å². The lowest BCUT2D eigenvalue weighted by Crippen LogP contribution is -1.96. The highest BCUT2D eigenvalue weighted by Crippen LogP contribution is 2.29. The van der Waals surface area contributed by atoms with Crippen LogP contribution >= 0.6 is 22.2 Å². The second-order valence-electron chi connectivity index (χ2n) is 4.72. The third kappa shape index (κ3) is 4.50. The quantitative estimate of drug-likeness (QED) is 0.628. The van der Waals surface area contributed by atoms with E-state index in [9.17, 15) is 5.11 Å². The monoisotopic (exact) mass is 334 g/mol. The Hall–Kier alpha value is -1.47. The van der Waals surface area contributed by atoms with Crippen LogP contribution in [0.1, 0.15) is 17.5 Å². The molecule has 2 aromatic carbocycles. The number of phenols is 1. The number of hydrogen-bond donors (Lipinski definition) is 1. The Labute approximate surface area is 135 Å². The highest BCUT2D eigenvalue weighted by Gasteiger charge is 2.09. The number of aromatic hydroxyl groups is 1. The van der Waals surface area contributed by atoms with Crippen LogP contribution in [0.5, 0.6) is 5.75 Å². The Morgan fingerprint density at radius 2 is 1.81 bits per heavy atom. The molecule has 0 aliphatic heterocycles. The number of nitrogens with zero attached hydrogens (tertiary/aromatic N) is 1. The van der Waals surface area contributed by atoms with Crippen molar-refractivity contribution in [2.45, 2.75) is 18.9 Å². The lowest BCUT2D eigenvalue weighted by molar-refractivity contribution is 0.474. The van der Waals surface area contributed by atoms with Gasteiger partial charge >= 0.3 is 0 Å². The second kappa shape index (κ2) is 7.51. The zero-order valence-electron chi connectivity index (χ0n) is 11.3. The summed E-state index contributed by atoms with van der Waals surface area (Å²) in [6, 6.07) is 15.7. The highest BCUT2D eigenvalue weighted by atomic mass is 35.7. The summed E-state index contributed by atoms with van der Waals surface area (Å²) < 4.78 is 0. The Kier molecular flexibility index (Phi) is 5.69. The fraction of sp³-hybridized carbons (Fsp3) is 0.188. The first-order chi connectivity index (χ1) is 10.1. The Bertz CT molecular complexity index is 650. The smallest absolute Gasteiger partial charge is 0.273 e. The van der Waals surface area contributed by atoms with E-state index in [1.165, 1.54) is 0 Å². The van der Waals surface area contributed by atoms with Crippen LogP contribution in [-0.4, -0.2) is 12.5 Å². The average molecular weight is 335 g/mol. The predicted molar refractivity (Wildman–Crippen MR) is 88.8 cm³/mol. The minimum atomic E-state index is -1.25. The van der Waals surface area contributed by atoms with Crippen molar-refractivity contribution in [3.05, 3.63) is 53.6 Å². The molecule has 0 amide bonds. The van der Waals surface area contributed by atoms with E-state index in [1.54, 1.807) is 24.3 Å². The molecule has 0 aromatic heterocycles. The van der Waals surface area contributed by atoms with Gasteiger partial charge in [0.2, 0.25) is 0 Å². The van der Waals surface area contributed by atoms with E-state index < -0.39 is 7.42 Å². The van der Waals surface area contributed by atoms with Crippen molar-refractivity contribution in [1.82, 2.24) is 0 Å². The normalized spacial score (nSPS) is 10.6. The Balaban J connectivity index is 2.27. The van der Waals surface area contributed by atoms with E-state index >= 15 is 0 Å². The summed E-state index contributed by atoms with van der Waals surface area (Å²) in [5, 5.41) is 18.5. The fourth-order valence-corrected chi connectivity index (χ4v) is 3.45. The summed E-state index contributed by atoms with van der Waals surface area (Å²) in [4.78, 5) is 0. The molecule has 0 bridgehead atoms. The molecule has 0 saturated heterocycles. The van der Waals surface area contributed by atoms with E-state index in [0.717, 1.165) is 35.6 Å². The van der Waals surface area contributed by atoms with Gasteiger partial charge in [-0.3, -0.25) is 0 Å². The van der Waals surface area contributed by atoms with Crippen LogP contribution in [-0.2, 0) is 6.42 Å². The lowest BCUT2D eigenvalue weighted by Gasteiger charge is -2.11. The Morgan fingerprint density at radius 3 is 2.43 bits per heavy atom. The van der Waals surface area contributed by atoms with Crippen molar-refractivity contribution in [1.29, 1.82) is 5.26 Å². The molecule has 107 valence electrons. The number of aryl methyl sites for hydroxylation is 1. The largest absolute Gasteiger partial charge is 0.508 e. The van der Waals surface area contributed by atoms with Gasteiger partial charge < -0.3 is 5.11 Å². The first kappa shape index (κ1) is 15.9. The maximum absolute atomic E-state index is 9.69. The predicted octanol–water partition coefficient (Wildman–Crippen LogP) is 4.83. The van der Waals surface area contributed by atoms with Crippen molar-refractivity contribution in [3.8, 4) is 22.9 Å². The average Bonchev–Trinajstić information content (AvgIpc) is 2.47. The number of nitriles is 1. The van der Waals surface area contributed by atoms with Gasteiger partial charge in [-0.1, -0.05) is 18.2 Å². The molecule has 2 nitrogen and oxygen atoms in total. The molecule has 5 heteroatoms. The summed E-state index contributed by atoms with van der Waals surface area (Å²) in [6.45, 7) is 0. The van der Waals surface area contributed by atoms with Crippen LogP contribution in [0.2, 0.25) is 6.04 Å². The SMILES string of the molecule is N#Cc1ccc(-c2ccc(O)cc2CCC[Si](Cl)Cl)cc1. The molecule has 0 unspecified atom stereocenters. The van der Waals surface area contributed by atoms with E-state index in [0.29, 0.717) is 5.56 Å². The summed E-state index contributed by atoms with van der Waals surface area (Å²) in [6.07, 6.45) is 1.71. The molecular weight excluding hydrogens is 321 g/mol. The molecule has 21 heavy (non-hydrogen) atoms. The molecule has 1 radical (unpaired) electrons. The second-order valence-corrected chi connectivity index (χ2v) is 9.22. The lowest BCUT2D eigenvalue weighted by atomic mass is 9.96. The number of phenolic OH excluding ortho intramolecular Hbond substituents is 1. The molecule has 0 saturated carbocycles. The number of benzene rings is 2. The molecule has 2 aromatic rings. The third-order valence-electron chi connectivity index (χ3n) is 3.23. The van der Waals surface area contributed by atoms with E-state index in [1.807, 2.05) is 18.2 Å². The first-order valence-corrected chi connectivity index (χ1v) is 10.3. The molecule has 0 atom stereocenters. The summed E-state index contributed by atoms with van der Waals surface area (Å²) in [7, 11) is -1.25. The molecule has 0 spiro atoms.